The second kappa shape index (κ2) is 13.5. The summed E-state index contributed by atoms with van der Waals surface area (Å²) in [6, 6.07) is 63.8. The second-order valence-corrected chi connectivity index (χ2v) is 14.3. The number of hydrogen-bond donors (Lipinski definition) is 0. The van der Waals surface area contributed by atoms with Crippen LogP contribution < -0.4 is 5.69 Å². The number of rotatable bonds is 6. The van der Waals surface area contributed by atoms with Crippen molar-refractivity contribution in [2.75, 3.05) is 0 Å². The van der Waals surface area contributed by atoms with Crippen LogP contribution in [0.25, 0.3) is 99.9 Å². The van der Waals surface area contributed by atoms with Crippen molar-refractivity contribution < 1.29 is 0 Å². The van der Waals surface area contributed by atoms with Crippen molar-refractivity contribution in [2.45, 2.75) is 0 Å². The summed E-state index contributed by atoms with van der Waals surface area (Å²) < 4.78 is 3.38. The van der Waals surface area contributed by atoms with E-state index in [1.807, 2.05) is 38.4 Å². The van der Waals surface area contributed by atoms with Crippen LogP contribution in [0.5, 0.6) is 0 Å². The Bertz CT molecular complexity index is 3120. The molecule has 56 heavy (non-hydrogen) atoms. The van der Waals surface area contributed by atoms with Gasteiger partial charge in [-0.15, -0.1) is 0 Å². The number of aryl methyl sites for hydroxylation is 2. The van der Waals surface area contributed by atoms with Crippen LogP contribution >= 0.6 is 0 Å². The first-order chi connectivity index (χ1) is 27.5. The minimum atomic E-state index is -0.0405. The molecule has 0 unspecified atom stereocenters. The maximum Gasteiger partial charge on any atom is 0.328 e. The molecule has 2 aromatic heterocycles. The molecule has 0 aliphatic heterocycles. The van der Waals surface area contributed by atoms with Crippen molar-refractivity contribution >= 4 is 32.6 Å². The maximum absolute atomic E-state index is 12.7. The number of hydrogen-bond acceptors (Lipinski definition) is 3. The van der Waals surface area contributed by atoms with Gasteiger partial charge in [-0.05, 0) is 79.2 Å². The van der Waals surface area contributed by atoms with Crippen LogP contribution in [0.2, 0.25) is 0 Å². The fourth-order valence-corrected chi connectivity index (χ4v) is 8.25. The normalized spacial score (nSPS) is 11.5. The zero-order valence-corrected chi connectivity index (χ0v) is 31.0. The number of nitrogens with zero attached hydrogens (tertiary/aromatic N) is 4. The molecule has 0 aliphatic rings. The minimum Gasteiger partial charge on any atom is -0.295 e. The highest BCUT2D eigenvalue weighted by atomic mass is 16.1. The van der Waals surface area contributed by atoms with Crippen LogP contribution in [0.15, 0.2) is 187 Å². The van der Waals surface area contributed by atoms with Gasteiger partial charge in [-0.2, -0.15) is 0 Å². The molecule has 5 heteroatoms. The molecule has 0 amide bonds. The van der Waals surface area contributed by atoms with Crippen LogP contribution in [0.4, 0.5) is 0 Å². The lowest BCUT2D eigenvalue weighted by Gasteiger charge is -2.19. The quantitative estimate of drug-likeness (QED) is 0.161. The van der Waals surface area contributed by atoms with Gasteiger partial charge in [0.25, 0.3) is 0 Å². The number of benzene rings is 8. The third-order valence-electron chi connectivity index (χ3n) is 11.0. The highest BCUT2D eigenvalue weighted by Crippen LogP contribution is 2.46. The first-order valence-corrected chi connectivity index (χ1v) is 18.8. The first-order valence-electron chi connectivity index (χ1n) is 18.8. The largest absolute Gasteiger partial charge is 0.328 e. The molecule has 10 rings (SSSR count). The van der Waals surface area contributed by atoms with Gasteiger partial charge in [0, 0.05) is 30.8 Å². The predicted octanol–water partition coefficient (Wildman–Crippen LogP) is 12.0. The van der Waals surface area contributed by atoms with E-state index in [-0.39, 0.29) is 5.69 Å². The monoisotopic (exact) mass is 720 g/mol. The summed E-state index contributed by atoms with van der Waals surface area (Å²) in [6.45, 7) is 0. The number of imidazole rings is 1. The molecule has 0 saturated heterocycles. The van der Waals surface area contributed by atoms with Gasteiger partial charge < -0.3 is 0 Å². The van der Waals surface area contributed by atoms with E-state index in [4.69, 9.17) is 9.97 Å². The van der Waals surface area contributed by atoms with Gasteiger partial charge in [0.15, 0.2) is 5.82 Å². The fourth-order valence-electron chi connectivity index (χ4n) is 8.25. The summed E-state index contributed by atoms with van der Waals surface area (Å²) >= 11 is 0. The van der Waals surface area contributed by atoms with Gasteiger partial charge in [0.2, 0.25) is 0 Å². The molecular weight excluding hydrogens is 685 g/mol. The van der Waals surface area contributed by atoms with Crippen LogP contribution in [-0.4, -0.2) is 19.1 Å². The van der Waals surface area contributed by atoms with Crippen molar-refractivity contribution in [1.29, 1.82) is 0 Å². The van der Waals surface area contributed by atoms with E-state index in [0.29, 0.717) is 5.82 Å². The van der Waals surface area contributed by atoms with Crippen LogP contribution in [-0.2, 0) is 14.1 Å². The Kier molecular flexibility index (Phi) is 8.00. The van der Waals surface area contributed by atoms with Crippen molar-refractivity contribution in [3.63, 3.8) is 0 Å². The van der Waals surface area contributed by atoms with Crippen molar-refractivity contribution in [3.05, 3.63) is 192 Å². The molecule has 0 saturated carbocycles. The Morgan fingerprint density at radius 2 is 0.875 bits per heavy atom. The third-order valence-corrected chi connectivity index (χ3v) is 11.0. The lowest BCUT2D eigenvalue weighted by Crippen LogP contribution is -2.19. The van der Waals surface area contributed by atoms with E-state index in [9.17, 15) is 4.79 Å². The Labute approximate surface area is 324 Å². The predicted molar refractivity (Wildman–Crippen MR) is 231 cm³/mol. The molecule has 266 valence electrons. The van der Waals surface area contributed by atoms with Gasteiger partial charge in [0.05, 0.1) is 22.4 Å². The smallest absolute Gasteiger partial charge is 0.295 e. The Morgan fingerprint density at radius 1 is 0.375 bits per heavy atom. The van der Waals surface area contributed by atoms with Crippen molar-refractivity contribution in [3.8, 4) is 67.3 Å². The fraction of sp³-hybridized carbons (Fsp3) is 0.0392. The van der Waals surface area contributed by atoms with Gasteiger partial charge in [0.1, 0.15) is 0 Å². The van der Waals surface area contributed by atoms with Gasteiger partial charge in [-0.25, -0.2) is 14.8 Å². The number of fused-ring (bicyclic) bond motifs is 3. The molecule has 5 nitrogen and oxygen atoms in total. The van der Waals surface area contributed by atoms with E-state index in [1.165, 1.54) is 38.2 Å². The molecule has 0 N–H and O–H groups in total. The molecule has 0 spiro atoms. The van der Waals surface area contributed by atoms with Crippen molar-refractivity contribution in [1.82, 2.24) is 19.1 Å². The summed E-state index contributed by atoms with van der Waals surface area (Å²) in [7, 11) is 3.63. The van der Waals surface area contributed by atoms with E-state index in [0.717, 1.165) is 55.8 Å². The molecule has 2 heterocycles. The molecule has 10 aromatic rings. The average molecular weight is 721 g/mol. The summed E-state index contributed by atoms with van der Waals surface area (Å²) in [5.74, 6) is 0.660. The van der Waals surface area contributed by atoms with E-state index in [1.54, 1.807) is 9.13 Å². The van der Waals surface area contributed by atoms with E-state index >= 15 is 0 Å². The maximum atomic E-state index is 12.7. The first kappa shape index (κ1) is 33.2. The molecular formula is C51H36N4O. The summed E-state index contributed by atoms with van der Waals surface area (Å²) in [6.07, 6.45) is 0. The Balaban J connectivity index is 1.19. The lowest BCUT2D eigenvalue weighted by molar-refractivity contribution is 0.795. The molecule has 0 atom stereocenters. The summed E-state index contributed by atoms with van der Waals surface area (Å²) in [4.78, 5) is 23.2. The molecule has 8 aromatic carbocycles. The van der Waals surface area contributed by atoms with Gasteiger partial charge in [-0.1, -0.05) is 158 Å². The Morgan fingerprint density at radius 3 is 1.55 bits per heavy atom. The molecule has 0 bridgehead atoms. The highest BCUT2D eigenvalue weighted by molar-refractivity contribution is 6.22. The van der Waals surface area contributed by atoms with Crippen LogP contribution in [0, 0.1) is 0 Å². The highest BCUT2D eigenvalue weighted by Gasteiger charge is 2.20. The van der Waals surface area contributed by atoms with Gasteiger partial charge in [-0.3, -0.25) is 9.13 Å². The zero-order chi connectivity index (χ0) is 37.8. The third kappa shape index (κ3) is 5.52. The van der Waals surface area contributed by atoms with E-state index in [2.05, 4.69) is 158 Å². The summed E-state index contributed by atoms with van der Waals surface area (Å²) in [5.41, 5.74) is 13.2. The molecule has 0 aliphatic carbocycles. The SMILES string of the molecule is Cn1c(=O)n(C)c2cc(-c3cccc(-c4cc(-c5ccccc5-c5c6ccccc6c(-c6ccccc6)c6ccccc56)nc(-c5ccccc5)n4)c3)ccc21. The number of aromatic nitrogens is 4. The molecule has 0 radical (unpaired) electrons. The lowest BCUT2D eigenvalue weighted by atomic mass is 9.84. The standard InChI is InChI=1S/C51H36N4O/c1-54-46-29-28-36(31-47(46)55(2)51(54)56)35-20-15-21-37(30-35)44-32-45(53-50(52-44)34-18-7-4-8-19-34)38-22-9-10-23-39(38)49-42-26-13-11-24-40(42)48(33-16-5-3-6-17-33)41-25-12-14-27-43(41)49/h3-32H,1-2H3. The van der Waals surface area contributed by atoms with Crippen LogP contribution in [0.1, 0.15) is 0 Å². The second-order valence-electron chi connectivity index (χ2n) is 14.3. The average Bonchev–Trinajstić information content (AvgIpc) is 3.48. The van der Waals surface area contributed by atoms with Gasteiger partial charge >= 0.3 is 5.69 Å². The minimum absolute atomic E-state index is 0.0405. The Hall–Kier alpha value is -7.37. The summed E-state index contributed by atoms with van der Waals surface area (Å²) in [5, 5.41) is 4.80. The zero-order valence-electron chi connectivity index (χ0n) is 31.0. The topological polar surface area (TPSA) is 52.7 Å². The van der Waals surface area contributed by atoms with E-state index < -0.39 is 0 Å². The molecule has 0 fully saturated rings. The van der Waals surface area contributed by atoms with Crippen molar-refractivity contribution in [2.24, 2.45) is 14.1 Å². The van der Waals surface area contributed by atoms with Crippen LogP contribution in [0.3, 0.4) is 0 Å².